The van der Waals surface area contributed by atoms with E-state index in [0.717, 1.165) is 25.7 Å². The number of likely N-dealkylation sites (tertiary alicyclic amines) is 1. The molecule has 1 saturated carbocycles. The van der Waals surface area contributed by atoms with Gasteiger partial charge in [0, 0.05) is 58.4 Å². The second kappa shape index (κ2) is 10.2. The van der Waals surface area contributed by atoms with Crippen LogP contribution in [0.1, 0.15) is 43.7 Å². The van der Waals surface area contributed by atoms with E-state index in [0.29, 0.717) is 61.5 Å². The van der Waals surface area contributed by atoms with Gasteiger partial charge in [0.25, 0.3) is 0 Å². The highest BCUT2D eigenvalue weighted by Gasteiger charge is 2.44. The molecule has 1 aliphatic carbocycles. The lowest BCUT2D eigenvalue weighted by Gasteiger charge is -2.28. The van der Waals surface area contributed by atoms with Crippen molar-refractivity contribution in [2.75, 3.05) is 50.1 Å². The van der Waals surface area contributed by atoms with E-state index in [9.17, 15) is 22.8 Å². The molecule has 206 valence electrons. The van der Waals surface area contributed by atoms with E-state index in [1.807, 2.05) is 22.9 Å². The zero-order chi connectivity index (χ0) is 27.2. The molecule has 5 rings (SSSR count). The summed E-state index contributed by atoms with van der Waals surface area (Å²) in [4.78, 5) is 31.8. The van der Waals surface area contributed by atoms with Crippen LogP contribution >= 0.6 is 0 Å². The average Bonchev–Trinajstić information content (AvgIpc) is 3.66. The summed E-state index contributed by atoms with van der Waals surface area (Å²) in [5.41, 5.74) is 0.980. The lowest BCUT2D eigenvalue weighted by Crippen LogP contribution is -2.36. The summed E-state index contributed by atoms with van der Waals surface area (Å²) in [6.45, 7) is 4.51. The Morgan fingerprint density at radius 3 is 2.34 bits per heavy atom. The van der Waals surface area contributed by atoms with Crippen molar-refractivity contribution in [2.45, 2.75) is 51.4 Å². The molecule has 2 aliphatic heterocycles. The Balaban J connectivity index is 1.19. The number of hydrogen-bond acceptors (Lipinski definition) is 5. The molecule has 2 unspecified atom stereocenters. The van der Waals surface area contributed by atoms with E-state index < -0.39 is 11.7 Å². The number of nitrogens with zero attached hydrogens (tertiary/aromatic N) is 6. The predicted octanol–water partition coefficient (Wildman–Crippen LogP) is 4.30. The molecular formula is C27H35F3N6O2. The van der Waals surface area contributed by atoms with E-state index in [2.05, 4.69) is 10.00 Å². The van der Waals surface area contributed by atoms with Crippen LogP contribution in [-0.4, -0.2) is 77.8 Å². The highest BCUT2D eigenvalue weighted by molar-refractivity contribution is 5.91. The van der Waals surface area contributed by atoms with Crippen molar-refractivity contribution in [3.63, 3.8) is 0 Å². The zero-order valence-electron chi connectivity index (χ0n) is 22.1. The SMILES string of the molecule is CC(=O)N(C)c1cnn(C(=O)N2CC3CC(N(C)Cc4ccc(N5CCCC5)c(C(F)(F)F)c4)C[C@H]3C2)c1. The van der Waals surface area contributed by atoms with E-state index in [4.69, 9.17) is 0 Å². The zero-order valence-corrected chi connectivity index (χ0v) is 22.1. The fourth-order valence-electron chi connectivity index (χ4n) is 6.26. The lowest BCUT2D eigenvalue weighted by molar-refractivity contribution is -0.137. The van der Waals surface area contributed by atoms with Gasteiger partial charge in [-0.3, -0.25) is 9.69 Å². The Morgan fingerprint density at radius 2 is 1.74 bits per heavy atom. The van der Waals surface area contributed by atoms with Crippen LogP contribution in [0.2, 0.25) is 0 Å². The summed E-state index contributed by atoms with van der Waals surface area (Å²) in [6.07, 6.45) is 2.34. The number of hydrogen-bond donors (Lipinski definition) is 0. The Labute approximate surface area is 221 Å². The molecule has 2 amide bonds. The van der Waals surface area contributed by atoms with Gasteiger partial charge < -0.3 is 14.7 Å². The number of benzene rings is 1. The van der Waals surface area contributed by atoms with Crippen LogP contribution in [0.4, 0.5) is 29.3 Å². The first-order chi connectivity index (χ1) is 18.0. The molecule has 3 heterocycles. The molecule has 1 aromatic carbocycles. The van der Waals surface area contributed by atoms with Gasteiger partial charge in [-0.1, -0.05) is 6.07 Å². The summed E-state index contributed by atoms with van der Waals surface area (Å²) in [5.74, 6) is 0.564. The van der Waals surface area contributed by atoms with Crippen molar-refractivity contribution in [1.29, 1.82) is 0 Å². The monoisotopic (exact) mass is 532 g/mol. The van der Waals surface area contributed by atoms with Crippen molar-refractivity contribution in [2.24, 2.45) is 11.8 Å². The summed E-state index contributed by atoms with van der Waals surface area (Å²) < 4.78 is 42.9. The van der Waals surface area contributed by atoms with Crippen molar-refractivity contribution in [3.8, 4) is 0 Å². The number of anilines is 2. The van der Waals surface area contributed by atoms with Gasteiger partial charge in [0.2, 0.25) is 5.91 Å². The van der Waals surface area contributed by atoms with Gasteiger partial charge in [-0.25, -0.2) is 4.79 Å². The van der Waals surface area contributed by atoms with Crippen molar-refractivity contribution >= 4 is 23.3 Å². The Kier molecular flexibility index (Phi) is 7.15. The van der Waals surface area contributed by atoms with Gasteiger partial charge >= 0.3 is 12.2 Å². The second-order valence-electron chi connectivity index (χ2n) is 11.0. The number of carbonyl (C=O) groups excluding carboxylic acids is 2. The maximum atomic E-state index is 13.9. The first-order valence-corrected chi connectivity index (χ1v) is 13.2. The van der Waals surface area contributed by atoms with E-state index in [-0.39, 0.29) is 18.0 Å². The number of rotatable bonds is 5. The van der Waals surface area contributed by atoms with Crippen molar-refractivity contribution in [1.82, 2.24) is 19.6 Å². The van der Waals surface area contributed by atoms with E-state index in [1.54, 1.807) is 19.3 Å². The molecule has 3 atom stereocenters. The molecular weight excluding hydrogens is 497 g/mol. The summed E-state index contributed by atoms with van der Waals surface area (Å²) in [7, 11) is 3.62. The van der Waals surface area contributed by atoms with Gasteiger partial charge in [-0.05, 0) is 62.3 Å². The maximum absolute atomic E-state index is 13.9. The topological polar surface area (TPSA) is 64.9 Å². The van der Waals surface area contributed by atoms with Crippen LogP contribution in [0.3, 0.4) is 0 Å². The standard InChI is InChI=1S/C27H35F3N6O2/c1-18(37)33(3)23-13-31-36(17-23)26(38)35-15-20-11-22(12-21(20)16-35)32(2)14-19-6-7-25(34-8-4-5-9-34)24(10-19)27(28,29)30/h6-7,10,13,17,20-22H,4-5,8-9,11-12,14-16H2,1-3H3/t20-,21?,22?/m0/s1. The maximum Gasteiger partial charge on any atom is 0.418 e. The van der Waals surface area contributed by atoms with E-state index in [1.165, 1.54) is 28.8 Å². The molecule has 3 fully saturated rings. The Hall–Kier alpha value is -3.08. The second-order valence-corrected chi connectivity index (χ2v) is 11.0. The van der Waals surface area contributed by atoms with Gasteiger partial charge in [0.15, 0.2) is 0 Å². The minimum atomic E-state index is -4.39. The molecule has 0 radical (unpaired) electrons. The van der Waals surface area contributed by atoms with Gasteiger partial charge in [-0.2, -0.15) is 23.0 Å². The van der Waals surface area contributed by atoms with Crippen LogP contribution in [0, 0.1) is 11.8 Å². The van der Waals surface area contributed by atoms with Crippen molar-refractivity contribution < 1.29 is 22.8 Å². The third-order valence-corrected chi connectivity index (χ3v) is 8.49. The smallest absolute Gasteiger partial charge is 0.371 e. The van der Waals surface area contributed by atoms with Gasteiger partial charge in [0.1, 0.15) is 0 Å². The molecule has 0 bridgehead atoms. The van der Waals surface area contributed by atoms with E-state index >= 15 is 0 Å². The first kappa shape index (κ1) is 26.5. The fraction of sp³-hybridized carbons (Fsp3) is 0.593. The molecule has 2 aromatic rings. The number of alkyl halides is 3. The van der Waals surface area contributed by atoms with Gasteiger partial charge in [0.05, 0.1) is 23.6 Å². The summed E-state index contributed by atoms with van der Waals surface area (Å²) in [6, 6.07) is 4.85. The number of carbonyl (C=O) groups is 2. The average molecular weight is 533 g/mol. The normalized spacial score (nSPS) is 23.4. The summed E-state index contributed by atoms with van der Waals surface area (Å²) in [5, 5.41) is 4.14. The third-order valence-electron chi connectivity index (χ3n) is 8.49. The van der Waals surface area contributed by atoms with Crippen LogP contribution in [-0.2, 0) is 17.5 Å². The highest BCUT2D eigenvalue weighted by atomic mass is 19.4. The quantitative estimate of drug-likeness (QED) is 0.575. The molecule has 2 saturated heterocycles. The molecule has 38 heavy (non-hydrogen) atoms. The van der Waals surface area contributed by atoms with Crippen LogP contribution < -0.4 is 9.80 Å². The van der Waals surface area contributed by atoms with Crippen molar-refractivity contribution in [3.05, 3.63) is 41.7 Å². The first-order valence-electron chi connectivity index (χ1n) is 13.2. The summed E-state index contributed by atoms with van der Waals surface area (Å²) >= 11 is 0. The minimum Gasteiger partial charge on any atom is -0.371 e. The molecule has 8 nitrogen and oxygen atoms in total. The number of halogens is 3. The molecule has 3 aliphatic rings. The number of fused-ring (bicyclic) bond motifs is 1. The predicted molar refractivity (Wildman–Crippen MR) is 138 cm³/mol. The third kappa shape index (κ3) is 5.25. The highest BCUT2D eigenvalue weighted by Crippen LogP contribution is 2.42. The fourth-order valence-corrected chi connectivity index (χ4v) is 6.26. The van der Waals surface area contributed by atoms with Crippen LogP contribution in [0.15, 0.2) is 30.6 Å². The number of aromatic nitrogens is 2. The Bertz CT molecular complexity index is 1180. The number of amides is 2. The van der Waals surface area contributed by atoms with Gasteiger partial charge in [-0.15, -0.1) is 0 Å². The minimum absolute atomic E-state index is 0.139. The lowest BCUT2D eigenvalue weighted by atomic mass is 10.0. The molecule has 1 aromatic heterocycles. The largest absolute Gasteiger partial charge is 0.418 e. The molecule has 0 spiro atoms. The molecule has 11 heteroatoms. The van der Waals surface area contributed by atoms with Crippen LogP contribution in [0.5, 0.6) is 0 Å². The van der Waals surface area contributed by atoms with Crippen LogP contribution in [0.25, 0.3) is 0 Å². The Morgan fingerprint density at radius 1 is 1.08 bits per heavy atom. The molecule has 0 N–H and O–H groups in total.